The number of fused-ring (bicyclic) bond motifs is 1. The quantitative estimate of drug-likeness (QED) is 0.681. The molecule has 0 spiro atoms. The maximum atomic E-state index is 11.9. The van der Waals surface area contributed by atoms with Crippen LogP contribution >= 0.6 is 15.9 Å². The molecule has 21 heavy (non-hydrogen) atoms. The number of para-hydroxylation sites is 2. The van der Waals surface area contributed by atoms with E-state index < -0.39 is 6.10 Å². The zero-order chi connectivity index (χ0) is 14.7. The van der Waals surface area contributed by atoms with Crippen molar-refractivity contribution in [3.63, 3.8) is 0 Å². The third kappa shape index (κ3) is 3.25. The molecule has 108 valence electrons. The summed E-state index contributed by atoms with van der Waals surface area (Å²) >= 11 is 3.18. The molecule has 0 fully saturated rings. The highest BCUT2D eigenvalue weighted by Gasteiger charge is 2.26. The largest absolute Gasteiger partial charge is 0.485 e. The molecule has 0 saturated heterocycles. The lowest BCUT2D eigenvalue weighted by atomic mass is 10.2. The molecule has 1 atom stereocenters. The smallest absolute Gasteiger partial charge is 0.284 e. The molecule has 0 unspecified atom stereocenters. The number of benzene rings is 1. The van der Waals surface area contributed by atoms with E-state index in [2.05, 4.69) is 26.5 Å². The summed E-state index contributed by atoms with van der Waals surface area (Å²) in [6, 6.07) is 10.6. The van der Waals surface area contributed by atoms with Crippen LogP contribution in [0, 0.1) is 0 Å². The van der Waals surface area contributed by atoms with E-state index in [0.717, 1.165) is 0 Å². The number of hydrogen-bond donors (Lipinski definition) is 1. The SMILES string of the molecule is O=C(N/N=C\c1ccc(Br)o1)[C@H]1COc2ccccc2O1. The van der Waals surface area contributed by atoms with Gasteiger partial charge in [0.15, 0.2) is 16.2 Å². The Labute approximate surface area is 128 Å². The number of nitrogens with zero attached hydrogens (tertiary/aromatic N) is 1. The Balaban J connectivity index is 1.58. The normalized spacial score (nSPS) is 16.9. The summed E-state index contributed by atoms with van der Waals surface area (Å²) < 4.78 is 16.8. The predicted octanol–water partition coefficient (Wildman–Crippen LogP) is 2.33. The Bertz CT molecular complexity index is 683. The van der Waals surface area contributed by atoms with Crippen LogP contribution in [0.4, 0.5) is 0 Å². The van der Waals surface area contributed by atoms with Gasteiger partial charge in [-0.2, -0.15) is 5.10 Å². The lowest BCUT2D eigenvalue weighted by Gasteiger charge is -2.24. The number of rotatable bonds is 3. The average Bonchev–Trinajstić information content (AvgIpc) is 2.92. The van der Waals surface area contributed by atoms with Gasteiger partial charge in [-0.1, -0.05) is 12.1 Å². The molecule has 1 amide bonds. The van der Waals surface area contributed by atoms with Gasteiger partial charge in [0.2, 0.25) is 6.10 Å². The molecule has 0 bridgehead atoms. The van der Waals surface area contributed by atoms with E-state index >= 15 is 0 Å². The van der Waals surface area contributed by atoms with Gasteiger partial charge in [-0.05, 0) is 40.2 Å². The first-order valence-electron chi connectivity index (χ1n) is 6.19. The van der Waals surface area contributed by atoms with Crippen molar-refractivity contribution in [1.29, 1.82) is 0 Å². The minimum Gasteiger partial charge on any atom is -0.485 e. The van der Waals surface area contributed by atoms with Gasteiger partial charge in [0.1, 0.15) is 12.4 Å². The fraction of sp³-hybridized carbons (Fsp3) is 0.143. The second kappa shape index (κ2) is 6.01. The average molecular weight is 351 g/mol. The summed E-state index contributed by atoms with van der Waals surface area (Å²) in [6.45, 7) is 0.144. The fourth-order valence-electron chi connectivity index (χ4n) is 1.78. The number of furan rings is 1. The summed E-state index contributed by atoms with van der Waals surface area (Å²) in [7, 11) is 0. The Morgan fingerprint density at radius 1 is 1.29 bits per heavy atom. The minimum atomic E-state index is -0.736. The number of carbonyl (C=O) groups is 1. The van der Waals surface area contributed by atoms with Crippen LogP contribution in [-0.2, 0) is 4.79 Å². The number of hydrogen-bond acceptors (Lipinski definition) is 5. The molecule has 1 N–H and O–H groups in total. The molecule has 7 heteroatoms. The molecule has 1 aliphatic heterocycles. The second-order valence-electron chi connectivity index (χ2n) is 4.24. The third-order valence-corrected chi connectivity index (χ3v) is 3.19. The molecular weight excluding hydrogens is 340 g/mol. The topological polar surface area (TPSA) is 73.1 Å². The van der Waals surface area contributed by atoms with E-state index in [0.29, 0.717) is 21.9 Å². The Hall–Kier alpha value is -2.28. The van der Waals surface area contributed by atoms with Crippen LogP contribution < -0.4 is 14.9 Å². The Kier molecular flexibility index (Phi) is 3.92. The highest BCUT2D eigenvalue weighted by Crippen LogP contribution is 2.30. The molecule has 2 heterocycles. The van der Waals surface area contributed by atoms with Crippen LogP contribution in [-0.4, -0.2) is 24.8 Å². The molecule has 0 aliphatic carbocycles. The molecule has 6 nitrogen and oxygen atoms in total. The van der Waals surface area contributed by atoms with Gasteiger partial charge in [0.25, 0.3) is 5.91 Å². The number of halogens is 1. The number of nitrogens with one attached hydrogen (secondary N) is 1. The molecule has 1 aliphatic rings. The van der Waals surface area contributed by atoms with E-state index in [9.17, 15) is 4.79 Å². The van der Waals surface area contributed by atoms with Crippen LogP contribution in [0.15, 0.2) is 50.6 Å². The van der Waals surface area contributed by atoms with Crippen molar-refractivity contribution in [3.05, 3.63) is 46.8 Å². The van der Waals surface area contributed by atoms with E-state index in [4.69, 9.17) is 13.9 Å². The highest BCUT2D eigenvalue weighted by atomic mass is 79.9. The van der Waals surface area contributed by atoms with Gasteiger partial charge >= 0.3 is 0 Å². The number of carbonyl (C=O) groups excluding carboxylic acids is 1. The van der Waals surface area contributed by atoms with Gasteiger partial charge in [-0.3, -0.25) is 4.79 Å². The first kappa shape index (κ1) is 13.7. The van der Waals surface area contributed by atoms with Crippen LogP contribution in [0.3, 0.4) is 0 Å². The van der Waals surface area contributed by atoms with Crippen LogP contribution in [0.2, 0.25) is 0 Å². The maximum absolute atomic E-state index is 11.9. The Morgan fingerprint density at radius 3 is 2.86 bits per heavy atom. The van der Waals surface area contributed by atoms with Crippen molar-refractivity contribution < 1.29 is 18.7 Å². The van der Waals surface area contributed by atoms with Crippen molar-refractivity contribution in [1.82, 2.24) is 5.43 Å². The zero-order valence-electron chi connectivity index (χ0n) is 10.8. The molecule has 1 aromatic heterocycles. The lowest BCUT2D eigenvalue weighted by molar-refractivity contribution is -0.130. The summed E-state index contributed by atoms with van der Waals surface area (Å²) in [5, 5.41) is 3.81. The fourth-order valence-corrected chi connectivity index (χ4v) is 2.10. The number of ether oxygens (including phenoxy) is 2. The van der Waals surface area contributed by atoms with Crippen LogP contribution in [0.1, 0.15) is 5.76 Å². The molecule has 0 radical (unpaired) electrons. The summed E-state index contributed by atoms with van der Waals surface area (Å²) in [5.41, 5.74) is 2.39. The van der Waals surface area contributed by atoms with Crippen molar-refractivity contribution in [2.45, 2.75) is 6.10 Å². The van der Waals surface area contributed by atoms with E-state index in [1.54, 1.807) is 24.3 Å². The summed E-state index contributed by atoms with van der Waals surface area (Å²) in [6.07, 6.45) is 0.667. The van der Waals surface area contributed by atoms with E-state index in [-0.39, 0.29) is 12.5 Å². The first-order chi connectivity index (χ1) is 10.2. The molecule has 3 rings (SSSR count). The van der Waals surface area contributed by atoms with Crippen molar-refractivity contribution in [2.24, 2.45) is 5.10 Å². The van der Waals surface area contributed by atoms with Gasteiger partial charge in [0.05, 0.1) is 6.21 Å². The number of amides is 1. The monoisotopic (exact) mass is 350 g/mol. The van der Waals surface area contributed by atoms with E-state index in [1.807, 2.05) is 12.1 Å². The van der Waals surface area contributed by atoms with Crippen molar-refractivity contribution in [3.8, 4) is 11.5 Å². The first-order valence-corrected chi connectivity index (χ1v) is 6.98. The molecule has 2 aromatic rings. The lowest BCUT2D eigenvalue weighted by Crippen LogP contribution is -2.42. The van der Waals surface area contributed by atoms with Crippen molar-refractivity contribution >= 4 is 28.1 Å². The van der Waals surface area contributed by atoms with Gasteiger partial charge < -0.3 is 13.9 Å². The van der Waals surface area contributed by atoms with E-state index in [1.165, 1.54) is 6.21 Å². The maximum Gasteiger partial charge on any atom is 0.284 e. The van der Waals surface area contributed by atoms with Crippen molar-refractivity contribution in [2.75, 3.05) is 6.61 Å². The highest BCUT2D eigenvalue weighted by molar-refractivity contribution is 9.10. The predicted molar refractivity (Wildman–Crippen MR) is 78.5 cm³/mol. The van der Waals surface area contributed by atoms with Gasteiger partial charge in [0, 0.05) is 0 Å². The standard InChI is InChI=1S/C14H11BrN2O4/c15-13-6-5-9(20-13)7-16-17-14(18)12-8-19-10-3-1-2-4-11(10)21-12/h1-7,12H,8H2,(H,17,18)/b16-7-/t12-/m1/s1. The van der Waals surface area contributed by atoms with Gasteiger partial charge in [-0.15, -0.1) is 0 Å². The van der Waals surface area contributed by atoms with Crippen LogP contribution in [0.5, 0.6) is 11.5 Å². The summed E-state index contributed by atoms with van der Waals surface area (Å²) in [4.78, 5) is 11.9. The third-order valence-electron chi connectivity index (χ3n) is 2.76. The Morgan fingerprint density at radius 2 is 2.10 bits per heavy atom. The number of hydrazone groups is 1. The van der Waals surface area contributed by atoms with Gasteiger partial charge in [-0.25, -0.2) is 5.43 Å². The molecule has 1 aromatic carbocycles. The minimum absolute atomic E-state index is 0.144. The van der Waals surface area contributed by atoms with Crippen LogP contribution in [0.25, 0.3) is 0 Å². The summed E-state index contributed by atoms with van der Waals surface area (Å²) in [5.74, 6) is 1.31. The zero-order valence-corrected chi connectivity index (χ0v) is 12.4. The second-order valence-corrected chi connectivity index (χ2v) is 5.02. The molecule has 0 saturated carbocycles. The molecular formula is C14H11BrN2O4.